The van der Waals surface area contributed by atoms with E-state index in [2.05, 4.69) is 0 Å². The number of nitrogens with zero attached hydrogens (tertiary/aromatic N) is 1. The largest absolute Gasteiger partial charge is 0.484 e. The van der Waals surface area contributed by atoms with Crippen LogP contribution in [0.4, 0.5) is 10.1 Å². The maximum absolute atomic E-state index is 12.8. The fourth-order valence-corrected chi connectivity index (χ4v) is 1.87. The molecule has 0 aliphatic rings. The third kappa shape index (κ3) is 3.90. The van der Waals surface area contributed by atoms with Gasteiger partial charge in [-0.05, 0) is 23.8 Å². The van der Waals surface area contributed by atoms with Crippen LogP contribution in [-0.4, -0.2) is 16.6 Å². The maximum atomic E-state index is 12.8. The lowest BCUT2D eigenvalue weighted by Gasteiger charge is -2.13. The Morgan fingerprint density at radius 2 is 1.95 bits per heavy atom. The van der Waals surface area contributed by atoms with Gasteiger partial charge in [-0.2, -0.15) is 0 Å². The molecule has 0 fully saturated rings. The Hall–Kier alpha value is -2.18. The zero-order valence-electron chi connectivity index (χ0n) is 10.7. The molecule has 0 aliphatic carbocycles. The summed E-state index contributed by atoms with van der Waals surface area (Å²) in [5, 5.41) is 21.1. The zero-order valence-corrected chi connectivity index (χ0v) is 11.5. The van der Waals surface area contributed by atoms with Crippen LogP contribution in [0, 0.1) is 15.9 Å². The molecule has 0 spiro atoms. The second-order valence-corrected chi connectivity index (χ2v) is 4.68. The van der Waals surface area contributed by atoms with Crippen molar-refractivity contribution in [1.82, 2.24) is 0 Å². The van der Waals surface area contributed by atoms with Gasteiger partial charge in [-0.15, -0.1) is 0 Å². The van der Waals surface area contributed by atoms with Gasteiger partial charge in [0, 0.05) is 17.2 Å². The minimum atomic E-state index is -1.04. The number of hydrogen-bond acceptors (Lipinski definition) is 4. The van der Waals surface area contributed by atoms with Gasteiger partial charge in [0.05, 0.1) is 4.92 Å². The molecule has 0 saturated heterocycles. The quantitative estimate of drug-likeness (QED) is 0.677. The van der Waals surface area contributed by atoms with E-state index >= 15 is 0 Å². The van der Waals surface area contributed by atoms with Gasteiger partial charge in [-0.25, -0.2) is 4.39 Å². The predicted molar refractivity (Wildman–Crippen MR) is 75.0 cm³/mol. The number of aliphatic hydroxyl groups excluding tert-OH is 1. The minimum absolute atomic E-state index is 0.0336. The van der Waals surface area contributed by atoms with Crippen molar-refractivity contribution in [3.05, 3.63) is 69.0 Å². The molecule has 2 aromatic carbocycles. The summed E-state index contributed by atoms with van der Waals surface area (Å²) in [5.74, 6) is -0.453. The van der Waals surface area contributed by atoms with E-state index in [0.29, 0.717) is 5.56 Å². The van der Waals surface area contributed by atoms with Crippen molar-refractivity contribution in [3.8, 4) is 5.75 Å². The van der Waals surface area contributed by atoms with Crippen LogP contribution in [0.1, 0.15) is 11.7 Å². The van der Waals surface area contributed by atoms with E-state index in [-0.39, 0.29) is 23.1 Å². The Kier molecular flexibility index (Phi) is 4.72. The Labute approximate surface area is 124 Å². The van der Waals surface area contributed by atoms with Gasteiger partial charge in [0.25, 0.3) is 0 Å². The van der Waals surface area contributed by atoms with E-state index < -0.39 is 16.8 Å². The molecular formula is C14H11ClFNO4. The predicted octanol–water partition coefficient (Wildman–Crippen LogP) is 3.50. The third-order valence-electron chi connectivity index (χ3n) is 2.77. The van der Waals surface area contributed by atoms with Crippen molar-refractivity contribution in [2.24, 2.45) is 0 Å². The molecular weight excluding hydrogens is 301 g/mol. The number of benzene rings is 2. The molecule has 0 aromatic heterocycles. The number of hydrogen-bond donors (Lipinski definition) is 1. The van der Waals surface area contributed by atoms with Crippen LogP contribution in [0.25, 0.3) is 0 Å². The second kappa shape index (κ2) is 6.51. The summed E-state index contributed by atoms with van der Waals surface area (Å²) < 4.78 is 18.0. The smallest absolute Gasteiger partial charge is 0.311 e. The highest BCUT2D eigenvalue weighted by molar-refractivity contribution is 6.30. The Morgan fingerprint density at radius 3 is 2.57 bits per heavy atom. The summed E-state index contributed by atoms with van der Waals surface area (Å²) in [7, 11) is 0. The van der Waals surface area contributed by atoms with Gasteiger partial charge in [0.1, 0.15) is 18.5 Å². The molecule has 21 heavy (non-hydrogen) atoms. The summed E-state index contributed by atoms with van der Waals surface area (Å²) in [6.45, 7) is -0.215. The van der Waals surface area contributed by atoms with Crippen molar-refractivity contribution in [2.45, 2.75) is 6.10 Å². The van der Waals surface area contributed by atoms with Crippen LogP contribution in [-0.2, 0) is 0 Å². The summed E-state index contributed by atoms with van der Waals surface area (Å²) in [4.78, 5) is 10.3. The van der Waals surface area contributed by atoms with E-state index in [1.165, 1.54) is 42.5 Å². The van der Waals surface area contributed by atoms with Gasteiger partial charge in [0.2, 0.25) is 0 Å². The molecule has 1 unspecified atom stereocenters. The van der Waals surface area contributed by atoms with Crippen LogP contribution in [0.5, 0.6) is 5.75 Å². The van der Waals surface area contributed by atoms with E-state index in [1.807, 2.05) is 0 Å². The first-order chi connectivity index (χ1) is 9.97. The fourth-order valence-electron chi connectivity index (χ4n) is 1.70. The normalized spacial score (nSPS) is 12.0. The topological polar surface area (TPSA) is 72.6 Å². The van der Waals surface area contributed by atoms with E-state index in [0.717, 1.165) is 0 Å². The highest BCUT2D eigenvalue weighted by Crippen LogP contribution is 2.30. The number of nitro groups is 1. The molecule has 1 atom stereocenters. The molecule has 7 heteroatoms. The first-order valence-electron chi connectivity index (χ1n) is 5.97. The molecule has 0 bridgehead atoms. The lowest BCUT2D eigenvalue weighted by molar-refractivity contribution is -0.385. The molecule has 5 nitrogen and oxygen atoms in total. The maximum Gasteiger partial charge on any atom is 0.311 e. The second-order valence-electron chi connectivity index (χ2n) is 4.25. The van der Waals surface area contributed by atoms with Crippen molar-refractivity contribution in [3.63, 3.8) is 0 Å². The average molecular weight is 312 g/mol. The lowest BCUT2D eigenvalue weighted by atomic mass is 10.1. The van der Waals surface area contributed by atoms with Crippen LogP contribution in [0.3, 0.4) is 0 Å². The van der Waals surface area contributed by atoms with Gasteiger partial charge in [-0.3, -0.25) is 10.1 Å². The van der Waals surface area contributed by atoms with Crippen LogP contribution in [0.2, 0.25) is 5.02 Å². The van der Waals surface area contributed by atoms with Crippen LogP contribution < -0.4 is 4.74 Å². The van der Waals surface area contributed by atoms with Crippen LogP contribution in [0.15, 0.2) is 42.5 Å². The van der Waals surface area contributed by atoms with Crippen LogP contribution >= 0.6 is 11.6 Å². The Balaban J connectivity index is 2.10. The third-order valence-corrected chi connectivity index (χ3v) is 3.01. The van der Waals surface area contributed by atoms with Gasteiger partial charge >= 0.3 is 5.69 Å². The highest BCUT2D eigenvalue weighted by atomic mass is 35.5. The Morgan fingerprint density at radius 1 is 1.29 bits per heavy atom. The van der Waals surface area contributed by atoms with E-state index in [9.17, 15) is 19.6 Å². The van der Waals surface area contributed by atoms with Gasteiger partial charge in [0.15, 0.2) is 5.75 Å². The fraction of sp³-hybridized carbons (Fsp3) is 0.143. The zero-order chi connectivity index (χ0) is 15.4. The molecule has 2 aromatic rings. The average Bonchev–Trinajstić information content (AvgIpc) is 2.45. The number of aliphatic hydroxyl groups is 1. The van der Waals surface area contributed by atoms with Gasteiger partial charge < -0.3 is 9.84 Å². The Bertz CT molecular complexity index is 648. The van der Waals surface area contributed by atoms with E-state index in [1.54, 1.807) is 0 Å². The molecule has 0 amide bonds. The van der Waals surface area contributed by atoms with Crippen molar-refractivity contribution in [2.75, 3.05) is 6.61 Å². The molecule has 1 N–H and O–H groups in total. The number of nitro benzene ring substituents is 1. The standard InChI is InChI=1S/C14H11ClFNO4/c15-10-3-6-12(17(19)20)14(7-10)21-8-13(18)9-1-4-11(16)5-2-9/h1-7,13,18H,8H2. The molecule has 0 aliphatic heterocycles. The molecule has 0 radical (unpaired) electrons. The van der Waals surface area contributed by atoms with Gasteiger partial charge in [-0.1, -0.05) is 23.7 Å². The van der Waals surface area contributed by atoms with Crippen molar-refractivity contribution in [1.29, 1.82) is 0 Å². The summed E-state index contributed by atoms with van der Waals surface area (Å²) >= 11 is 5.76. The number of rotatable bonds is 5. The highest BCUT2D eigenvalue weighted by Gasteiger charge is 2.17. The summed E-state index contributed by atoms with van der Waals surface area (Å²) in [6.07, 6.45) is -1.04. The number of ether oxygens (including phenoxy) is 1. The van der Waals surface area contributed by atoms with E-state index in [4.69, 9.17) is 16.3 Å². The molecule has 0 saturated carbocycles. The lowest BCUT2D eigenvalue weighted by Crippen LogP contribution is -2.10. The SMILES string of the molecule is O=[N+]([O-])c1ccc(Cl)cc1OCC(O)c1ccc(F)cc1. The summed E-state index contributed by atoms with van der Waals surface area (Å²) in [6, 6.07) is 9.15. The first-order valence-corrected chi connectivity index (χ1v) is 6.35. The summed E-state index contributed by atoms with van der Waals surface area (Å²) in [5.41, 5.74) is 0.201. The molecule has 110 valence electrons. The monoisotopic (exact) mass is 311 g/mol. The minimum Gasteiger partial charge on any atom is -0.484 e. The molecule has 0 heterocycles. The first kappa shape index (κ1) is 15.2. The van der Waals surface area contributed by atoms with Crippen molar-refractivity contribution < 1.29 is 19.2 Å². The number of halogens is 2. The van der Waals surface area contributed by atoms with Crippen molar-refractivity contribution >= 4 is 17.3 Å². The molecule has 2 rings (SSSR count).